The molecule has 0 aliphatic carbocycles. The van der Waals surface area contributed by atoms with Crippen molar-refractivity contribution in [2.75, 3.05) is 11.5 Å². The van der Waals surface area contributed by atoms with Crippen LogP contribution in [0.5, 0.6) is 11.5 Å². The minimum atomic E-state index is -1.06. The van der Waals surface area contributed by atoms with Crippen molar-refractivity contribution < 1.29 is 23.0 Å². The van der Waals surface area contributed by atoms with Crippen LogP contribution in [0.15, 0.2) is 36.4 Å². The number of amides is 2. The predicted octanol–water partition coefficient (Wildman–Crippen LogP) is 4.13. The van der Waals surface area contributed by atoms with Crippen molar-refractivity contribution in [3.63, 3.8) is 0 Å². The molecule has 2 amide bonds. The average molecular weight is 360 g/mol. The molecular formula is C19H18F2N2O3. The Morgan fingerprint density at radius 2 is 2.12 bits per heavy atom. The molecule has 7 heteroatoms. The topological polar surface area (TPSA) is 50.8 Å². The molecule has 0 unspecified atom stereocenters. The van der Waals surface area contributed by atoms with Gasteiger partial charge in [0.2, 0.25) is 0 Å². The summed E-state index contributed by atoms with van der Waals surface area (Å²) in [4.78, 5) is 14.0. The molecule has 0 aromatic heterocycles. The molecule has 0 radical (unpaired) electrons. The standard InChI is InChI=1S/C19H18F2N2O3/c1-3-25-16-6-4-5-12-15-10-19(2,26-17(12)16)23(18(24)22-15)11-7-8-13(20)14(21)9-11/h4-9,15H,3,10H2,1-2H3,(H,22,24)/t15-,19-/m1/s1. The summed E-state index contributed by atoms with van der Waals surface area (Å²) >= 11 is 0. The summed E-state index contributed by atoms with van der Waals surface area (Å²) in [6.45, 7) is 4.10. The van der Waals surface area contributed by atoms with Crippen molar-refractivity contribution in [1.29, 1.82) is 0 Å². The number of rotatable bonds is 3. The Morgan fingerprint density at radius 1 is 1.31 bits per heavy atom. The van der Waals surface area contributed by atoms with E-state index in [9.17, 15) is 13.6 Å². The molecule has 2 aliphatic rings. The van der Waals surface area contributed by atoms with Gasteiger partial charge in [0.15, 0.2) is 28.9 Å². The number of para-hydroxylation sites is 1. The van der Waals surface area contributed by atoms with Crippen LogP contribution in [0, 0.1) is 11.6 Å². The third kappa shape index (κ3) is 2.46. The summed E-state index contributed by atoms with van der Waals surface area (Å²) in [5.41, 5.74) is 0.00342. The molecule has 2 aromatic carbocycles. The first-order chi connectivity index (χ1) is 12.4. The van der Waals surface area contributed by atoms with Crippen LogP contribution in [0.1, 0.15) is 31.9 Å². The number of carbonyl (C=O) groups is 1. The number of hydrogen-bond acceptors (Lipinski definition) is 3. The molecule has 1 saturated heterocycles. The Morgan fingerprint density at radius 3 is 2.85 bits per heavy atom. The van der Waals surface area contributed by atoms with E-state index in [0.29, 0.717) is 24.5 Å². The van der Waals surface area contributed by atoms with E-state index in [0.717, 1.165) is 17.7 Å². The Hall–Kier alpha value is -2.83. The summed E-state index contributed by atoms with van der Waals surface area (Å²) in [6, 6.07) is 8.21. The zero-order chi connectivity index (χ0) is 18.5. The van der Waals surface area contributed by atoms with Gasteiger partial charge in [0, 0.05) is 18.1 Å². The van der Waals surface area contributed by atoms with Crippen molar-refractivity contribution in [1.82, 2.24) is 5.32 Å². The van der Waals surface area contributed by atoms with E-state index in [1.165, 1.54) is 11.0 Å². The summed E-state index contributed by atoms with van der Waals surface area (Å²) in [6.07, 6.45) is 0.459. The number of urea groups is 1. The van der Waals surface area contributed by atoms with Gasteiger partial charge in [-0.05, 0) is 32.0 Å². The molecule has 2 bridgehead atoms. The number of anilines is 1. The van der Waals surface area contributed by atoms with Crippen LogP contribution < -0.4 is 19.7 Å². The minimum Gasteiger partial charge on any atom is -0.490 e. The smallest absolute Gasteiger partial charge is 0.325 e. The maximum Gasteiger partial charge on any atom is 0.325 e. The Bertz CT molecular complexity index is 889. The lowest BCUT2D eigenvalue weighted by molar-refractivity contribution is 0.0343. The second-order valence-electron chi connectivity index (χ2n) is 6.52. The van der Waals surface area contributed by atoms with Crippen molar-refractivity contribution in [3.8, 4) is 11.5 Å². The van der Waals surface area contributed by atoms with Gasteiger partial charge in [-0.25, -0.2) is 13.6 Å². The zero-order valence-corrected chi connectivity index (χ0v) is 14.4. The molecular weight excluding hydrogens is 342 g/mol. The highest BCUT2D eigenvalue weighted by molar-refractivity contribution is 5.95. The van der Waals surface area contributed by atoms with E-state index < -0.39 is 23.4 Å². The number of hydrogen-bond donors (Lipinski definition) is 1. The first-order valence-electron chi connectivity index (χ1n) is 8.43. The lowest BCUT2D eigenvalue weighted by atomic mass is 9.90. The Kier molecular flexibility index (Phi) is 3.75. The number of benzene rings is 2. The molecule has 2 aliphatic heterocycles. The molecule has 2 atom stereocenters. The van der Waals surface area contributed by atoms with Crippen molar-refractivity contribution >= 4 is 11.7 Å². The van der Waals surface area contributed by atoms with Gasteiger partial charge >= 0.3 is 6.03 Å². The summed E-state index contributed by atoms with van der Waals surface area (Å²) in [5.74, 6) is -0.849. The van der Waals surface area contributed by atoms with Crippen molar-refractivity contribution in [2.24, 2.45) is 0 Å². The second-order valence-corrected chi connectivity index (χ2v) is 6.52. The second kappa shape index (κ2) is 5.86. The summed E-state index contributed by atoms with van der Waals surface area (Å²) < 4.78 is 38.9. The molecule has 5 nitrogen and oxygen atoms in total. The fourth-order valence-electron chi connectivity index (χ4n) is 3.64. The van der Waals surface area contributed by atoms with Crippen LogP contribution in [-0.4, -0.2) is 18.4 Å². The summed E-state index contributed by atoms with van der Waals surface area (Å²) in [7, 11) is 0. The van der Waals surface area contributed by atoms with E-state index in [1.807, 2.05) is 19.1 Å². The van der Waals surface area contributed by atoms with Gasteiger partial charge in [0.25, 0.3) is 0 Å². The van der Waals surface area contributed by atoms with Crippen LogP contribution >= 0.6 is 0 Å². The minimum absolute atomic E-state index is 0.222. The van der Waals surface area contributed by atoms with Crippen LogP contribution in [0.3, 0.4) is 0 Å². The van der Waals surface area contributed by atoms with Gasteiger partial charge in [-0.2, -0.15) is 0 Å². The molecule has 2 heterocycles. The number of ether oxygens (including phenoxy) is 2. The van der Waals surface area contributed by atoms with E-state index in [-0.39, 0.29) is 11.7 Å². The highest BCUT2D eigenvalue weighted by Crippen LogP contribution is 2.49. The van der Waals surface area contributed by atoms with Crippen molar-refractivity contribution in [3.05, 3.63) is 53.6 Å². The average Bonchev–Trinajstić information content (AvgIpc) is 2.58. The molecule has 26 heavy (non-hydrogen) atoms. The van der Waals surface area contributed by atoms with Crippen LogP contribution in [0.25, 0.3) is 0 Å². The summed E-state index contributed by atoms with van der Waals surface area (Å²) in [5, 5.41) is 2.92. The fraction of sp³-hybridized carbons (Fsp3) is 0.316. The first-order valence-corrected chi connectivity index (χ1v) is 8.43. The Balaban J connectivity index is 1.80. The highest BCUT2D eigenvalue weighted by Gasteiger charge is 2.50. The van der Waals surface area contributed by atoms with Gasteiger partial charge < -0.3 is 14.8 Å². The van der Waals surface area contributed by atoms with E-state index in [2.05, 4.69) is 5.32 Å². The predicted molar refractivity (Wildman–Crippen MR) is 91.4 cm³/mol. The van der Waals surface area contributed by atoms with Crippen LogP contribution in [-0.2, 0) is 0 Å². The van der Waals surface area contributed by atoms with Gasteiger partial charge in [-0.3, -0.25) is 4.90 Å². The SMILES string of the molecule is CCOc1cccc2c1O[C@]1(C)C[C@H]2NC(=O)N1c1ccc(F)c(F)c1. The number of halogens is 2. The molecule has 136 valence electrons. The number of nitrogens with zero attached hydrogens (tertiary/aromatic N) is 1. The number of fused-ring (bicyclic) bond motifs is 4. The zero-order valence-electron chi connectivity index (χ0n) is 14.4. The molecule has 1 fully saturated rings. The maximum absolute atomic E-state index is 13.7. The van der Waals surface area contributed by atoms with E-state index in [1.54, 1.807) is 13.0 Å². The lowest BCUT2D eigenvalue weighted by Gasteiger charge is -2.50. The molecule has 0 saturated carbocycles. The normalized spacial score (nSPS) is 23.8. The van der Waals surface area contributed by atoms with E-state index >= 15 is 0 Å². The van der Waals surface area contributed by atoms with Gasteiger partial charge in [-0.15, -0.1) is 0 Å². The van der Waals surface area contributed by atoms with E-state index in [4.69, 9.17) is 9.47 Å². The third-order valence-electron chi connectivity index (χ3n) is 4.72. The first kappa shape index (κ1) is 16.6. The largest absolute Gasteiger partial charge is 0.490 e. The van der Waals surface area contributed by atoms with Crippen LogP contribution in [0.4, 0.5) is 19.3 Å². The molecule has 0 spiro atoms. The van der Waals surface area contributed by atoms with Gasteiger partial charge in [-0.1, -0.05) is 12.1 Å². The Labute approximate surface area is 149 Å². The highest BCUT2D eigenvalue weighted by atomic mass is 19.2. The number of carbonyl (C=O) groups excluding carboxylic acids is 1. The van der Waals surface area contributed by atoms with Gasteiger partial charge in [0.1, 0.15) is 0 Å². The maximum atomic E-state index is 13.7. The molecule has 2 aromatic rings. The molecule has 1 N–H and O–H groups in total. The van der Waals surface area contributed by atoms with Crippen LogP contribution in [0.2, 0.25) is 0 Å². The third-order valence-corrected chi connectivity index (χ3v) is 4.72. The monoisotopic (exact) mass is 360 g/mol. The fourth-order valence-corrected chi connectivity index (χ4v) is 3.64. The lowest BCUT2D eigenvalue weighted by Crippen LogP contribution is -2.65. The van der Waals surface area contributed by atoms with Gasteiger partial charge in [0.05, 0.1) is 18.3 Å². The quantitative estimate of drug-likeness (QED) is 0.895. The number of nitrogens with one attached hydrogen (secondary N) is 1. The van der Waals surface area contributed by atoms with Crippen molar-refractivity contribution in [2.45, 2.75) is 32.0 Å². The molecule has 4 rings (SSSR count).